The molecule has 446 valence electrons. The van der Waals surface area contributed by atoms with Crippen LogP contribution in [-0.2, 0) is 14.3 Å². The molecule has 8 nitrogen and oxygen atoms in total. The predicted molar refractivity (Wildman–Crippen MR) is 329 cm³/mol. The molecule has 76 heavy (non-hydrogen) atoms. The largest absolute Gasteiger partial charge is 0.466 e. The molecule has 0 aliphatic heterocycles. The van der Waals surface area contributed by atoms with Crippen molar-refractivity contribution in [2.75, 3.05) is 13.2 Å². The SMILES string of the molecule is CCCCCC=CCC=CC(CCCCCCC(=O)OCCCCCCCCCCCC)C(CC)CCCCCCCCCCCCCCCCC(=O)NC(CN=O)C(O)C=CC(O)CCCCCCCCCCCC. The van der Waals surface area contributed by atoms with E-state index in [0.717, 1.165) is 63.7 Å². The average molecular weight is 1070 g/mol. The van der Waals surface area contributed by atoms with Gasteiger partial charge in [0.05, 0.1) is 24.9 Å². The number of nitroso groups, excluding NO2 is 1. The van der Waals surface area contributed by atoms with Crippen molar-refractivity contribution < 1.29 is 24.5 Å². The molecule has 0 fully saturated rings. The second-order valence-corrected chi connectivity index (χ2v) is 23.2. The number of carbonyl (C=O) groups is 2. The third-order valence-corrected chi connectivity index (χ3v) is 16.0. The lowest BCUT2D eigenvalue weighted by atomic mass is 9.82. The summed E-state index contributed by atoms with van der Waals surface area (Å²) in [5, 5.41) is 26.8. The minimum Gasteiger partial charge on any atom is -0.466 e. The van der Waals surface area contributed by atoms with Gasteiger partial charge in [-0.3, -0.25) is 9.59 Å². The van der Waals surface area contributed by atoms with Crippen LogP contribution in [0, 0.1) is 16.7 Å². The quantitative estimate of drug-likeness (QED) is 0.0241. The Hall–Kier alpha value is -2.32. The fraction of sp³-hybridized carbons (Fsp3) is 0.882. The van der Waals surface area contributed by atoms with Gasteiger partial charge in [0.2, 0.25) is 5.91 Å². The van der Waals surface area contributed by atoms with Crippen LogP contribution in [0.4, 0.5) is 0 Å². The van der Waals surface area contributed by atoms with Gasteiger partial charge in [-0.2, -0.15) is 4.91 Å². The molecule has 0 aliphatic carbocycles. The number of amides is 1. The highest BCUT2D eigenvalue weighted by Crippen LogP contribution is 2.29. The highest BCUT2D eigenvalue weighted by molar-refractivity contribution is 5.76. The molecule has 0 rings (SSSR count). The summed E-state index contributed by atoms with van der Waals surface area (Å²) in [6.07, 6.45) is 70.1. The van der Waals surface area contributed by atoms with Crippen molar-refractivity contribution in [2.45, 2.75) is 361 Å². The molecular weight excluding hydrogens is 941 g/mol. The normalized spacial score (nSPS) is 14.0. The van der Waals surface area contributed by atoms with Crippen LogP contribution in [0.1, 0.15) is 342 Å². The number of esters is 1. The number of carbonyl (C=O) groups excluding carboxylic acids is 2. The molecule has 0 aromatic heterocycles. The molecule has 8 heteroatoms. The lowest BCUT2D eigenvalue weighted by Crippen LogP contribution is -2.44. The third kappa shape index (κ3) is 52.4. The van der Waals surface area contributed by atoms with Gasteiger partial charge in [-0.1, -0.05) is 313 Å². The van der Waals surface area contributed by atoms with Crippen molar-refractivity contribution >= 4 is 11.9 Å². The maximum atomic E-state index is 12.6. The topological polar surface area (TPSA) is 125 Å². The first-order chi connectivity index (χ1) is 37.3. The number of nitrogens with one attached hydrogen (secondary N) is 1. The first-order valence-electron chi connectivity index (χ1n) is 33.4. The highest BCUT2D eigenvalue weighted by Gasteiger charge is 2.20. The van der Waals surface area contributed by atoms with Crippen molar-refractivity contribution in [2.24, 2.45) is 17.0 Å². The maximum absolute atomic E-state index is 12.6. The second kappa shape index (κ2) is 60.3. The van der Waals surface area contributed by atoms with Crippen molar-refractivity contribution in [1.29, 1.82) is 0 Å². The van der Waals surface area contributed by atoms with E-state index in [1.54, 1.807) is 6.08 Å². The smallest absolute Gasteiger partial charge is 0.305 e. The summed E-state index contributed by atoms with van der Waals surface area (Å²) in [6.45, 7) is 9.58. The van der Waals surface area contributed by atoms with E-state index in [2.05, 4.69) is 62.5 Å². The van der Waals surface area contributed by atoms with Gasteiger partial charge >= 0.3 is 5.97 Å². The second-order valence-electron chi connectivity index (χ2n) is 23.2. The van der Waals surface area contributed by atoms with Crippen molar-refractivity contribution in [3.8, 4) is 0 Å². The van der Waals surface area contributed by atoms with Crippen molar-refractivity contribution in [3.05, 3.63) is 41.4 Å². The number of nitrogens with zero attached hydrogens (tertiary/aromatic N) is 1. The van der Waals surface area contributed by atoms with E-state index in [1.807, 2.05) is 0 Å². The van der Waals surface area contributed by atoms with Crippen LogP contribution in [0.2, 0.25) is 0 Å². The van der Waals surface area contributed by atoms with E-state index in [-0.39, 0.29) is 18.4 Å². The molecule has 0 aromatic rings. The Morgan fingerprint density at radius 1 is 0.461 bits per heavy atom. The molecule has 1 amide bonds. The molecule has 0 saturated carbocycles. The van der Waals surface area contributed by atoms with E-state index < -0.39 is 18.2 Å². The molecule has 0 saturated heterocycles. The first-order valence-corrected chi connectivity index (χ1v) is 33.4. The van der Waals surface area contributed by atoms with Crippen LogP contribution < -0.4 is 5.32 Å². The Morgan fingerprint density at radius 2 is 0.895 bits per heavy atom. The number of aliphatic hydroxyl groups is 2. The summed E-state index contributed by atoms with van der Waals surface area (Å²) in [5.74, 6) is 1.25. The Bertz CT molecular complexity index is 1320. The Balaban J connectivity index is 4.22. The van der Waals surface area contributed by atoms with Gasteiger partial charge in [-0.05, 0) is 69.6 Å². The number of rotatable bonds is 61. The molecule has 3 N–H and O–H groups in total. The maximum Gasteiger partial charge on any atom is 0.305 e. The minimum atomic E-state index is -1.06. The summed E-state index contributed by atoms with van der Waals surface area (Å²) in [6, 6.07) is -0.777. The van der Waals surface area contributed by atoms with Crippen molar-refractivity contribution in [1.82, 2.24) is 5.32 Å². The summed E-state index contributed by atoms with van der Waals surface area (Å²) in [4.78, 5) is 36.1. The summed E-state index contributed by atoms with van der Waals surface area (Å²) >= 11 is 0. The first kappa shape index (κ1) is 73.7. The van der Waals surface area contributed by atoms with Gasteiger partial charge in [0, 0.05) is 12.8 Å². The van der Waals surface area contributed by atoms with Gasteiger partial charge < -0.3 is 20.3 Å². The molecule has 0 radical (unpaired) electrons. The zero-order valence-electron chi connectivity index (χ0n) is 50.9. The third-order valence-electron chi connectivity index (χ3n) is 16.0. The molecule has 0 aromatic carbocycles. The predicted octanol–water partition coefficient (Wildman–Crippen LogP) is 20.6. The standard InChI is InChI=1S/C68H128N2O6/c1-5-9-12-15-18-21-30-35-40-48-55-64(71)58-59-66(72)65(61-69-75)70-67(73)56-49-41-36-31-28-26-24-23-25-27-29-34-38-45-52-62(8-4)63(53-46-39-33-20-17-14-11-7-3)54-47-42-43-50-57-68(74)76-60-51-44-37-32-22-19-16-13-10-6-2/h20,33,46,53,58-59,62-66,71-72H,5-19,21-32,34-45,47-52,54-57,60-61H2,1-4H3,(H,70,73). The van der Waals surface area contributed by atoms with Crippen LogP contribution in [0.5, 0.6) is 0 Å². The highest BCUT2D eigenvalue weighted by atomic mass is 16.5. The molecule has 5 unspecified atom stereocenters. The zero-order valence-corrected chi connectivity index (χ0v) is 50.9. The minimum absolute atomic E-state index is 0.000209. The lowest BCUT2D eigenvalue weighted by Gasteiger charge is -2.24. The number of aliphatic hydroxyl groups excluding tert-OH is 2. The van der Waals surface area contributed by atoms with Gasteiger partial charge in [0.15, 0.2) is 0 Å². The number of unbranched alkanes of at least 4 members (excludes halogenated alkanes) is 37. The van der Waals surface area contributed by atoms with Gasteiger partial charge in [0.1, 0.15) is 6.54 Å². The zero-order chi connectivity index (χ0) is 55.5. The van der Waals surface area contributed by atoms with E-state index >= 15 is 0 Å². The van der Waals surface area contributed by atoms with Crippen LogP contribution in [0.3, 0.4) is 0 Å². The fourth-order valence-electron chi connectivity index (χ4n) is 10.8. The summed E-state index contributed by atoms with van der Waals surface area (Å²) in [7, 11) is 0. The molecule has 5 atom stereocenters. The van der Waals surface area contributed by atoms with E-state index in [9.17, 15) is 24.7 Å². The number of hydrogen-bond donors (Lipinski definition) is 3. The molecular formula is C68H128N2O6. The summed E-state index contributed by atoms with van der Waals surface area (Å²) < 4.78 is 5.56. The van der Waals surface area contributed by atoms with Crippen LogP contribution >= 0.6 is 0 Å². The van der Waals surface area contributed by atoms with E-state index in [1.165, 1.54) is 244 Å². The Morgan fingerprint density at radius 3 is 1.39 bits per heavy atom. The van der Waals surface area contributed by atoms with Gasteiger partial charge in [-0.15, -0.1) is 0 Å². The number of allylic oxidation sites excluding steroid dienone is 4. The van der Waals surface area contributed by atoms with Crippen molar-refractivity contribution in [3.63, 3.8) is 0 Å². The van der Waals surface area contributed by atoms with Gasteiger partial charge in [-0.25, -0.2) is 0 Å². The van der Waals surface area contributed by atoms with E-state index in [4.69, 9.17) is 4.74 Å². The molecule has 0 heterocycles. The number of ether oxygens (including phenoxy) is 1. The monoisotopic (exact) mass is 1070 g/mol. The van der Waals surface area contributed by atoms with E-state index in [0.29, 0.717) is 31.8 Å². The van der Waals surface area contributed by atoms with Crippen LogP contribution in [0.25, 0.3) is 0 Å². The Labute approximate surface area is 471 Å². The van der Waals surface area contributed by atoms with Gasteiger partial charge in [0.25, 0.3) is 0 Å². The molecule has 0 aliphatic rings. The lowest BCUT2D eigenvalue weighted by molar-refractivity contribution is -0.143. The number of hydrogen-bond acceptors (Lipinski definition) is 7. The summed E-state index contributed by atoms with van der Waals surface area (Å²) in [5.41, 5.74) is 0. The molecule has 0 bridgehead atoms. The van der Waals surface area contributed by atoms with Crippen LogP contribution in [0.15, 0.2) is 41.6 Å². The fourth-order valence-corrected chi connectivity index (χ4v) is 10.8. The average Bonchev–Trinajstić information content (AvgIpc) is 3.42. The molecule has 0 spiro atoms. The van der Waals surface area contributed by atoms with Crippen LogP contribution in [-0.4, -0.2) is 53.5 Å². The Kier molecular flexibility index (Phi) is 58.5.